The van der Waals surface area contributed by atoms with Crippen LogP contribution >= 0.6 is 0 Å². The molecule has 1 N–H and O–H groups in total. The molecule has 0 unspecified atom stereocenters. The van der Waals surface area contributed by atoms with Crippen molar-refractivity contribution in [1.82, 2.24) is 5.43 Å². The minimum atomic E-state index is -0.228. The lowest BCUT2D eigenvalue weighted by atomic mass is 10.1. The summed E-state index contributed by atoms with van der Waals surface area (Å²) in [6.07, 6.45) is 3.41. The number of nitrogens with one attached hydrogen (secondary N) is 1. The van der Waals surface area contributed by atoms with E-state index in [2.05, 4.69) is 22.7 Å². The van der Waals surface area contributed by atoms with E-state index < -0.39 is 0 Å². The van der Waals surface area contributed by atoms with Crippen molar-refractivity contribution in [2.75, 3.05) is 7.11 Å². The molecule has 0 spiro atoms. The number of nitrogens with zero attached hydrogens (tertiary/aromatic N) is 1. The largest absolute Gasteiger partial charge is 0.497 e. The summed E-state index contributed by atoms with van der Waals surface area (Å²) in [6, 6.07) is 17.1. The number of hydrazone groups is 1. The SMILES string of the molecule is COc1ccc(C(=O)N/N=C\CCc2ccccc2)cc1. The van der Waals surface area contributed by atoms with Crippen LogP contribution in [0.1, 0.15) is 22.3 Å². The average Bonchev–Trinajstić information content (AvgIpc) is 2.55. The van der Waals surface area contributed by atoms with E-state index >= 15 is 0 Å². The van der Waals surface area contributed by atoms with Crippen molar-refractivity contribution < 1.29 is 9.53 Å². The fourth-order valence-corrected chi connectivity index (χ4v) is 1.85. The van der Waals surface area contributed by atoms with E-state index in [1.54, 1.807) is 37.6 Å². The Balaban J connectivity index is 1.76. The number of aryl methyl sites for hydroxylation is 1. The smallest absolute Gasteiger partial charge is 0.271 e. The Labute approximate surface area is 124 Å². The number of carbonyl (C=O) groups excluding carboxylic acids is 1. The Bertz CT molecular complexity index is 592. The standard InChI is InChI=1S/C17H18N2O2/c1-21-16-11-9-15(10-12-16)17(20)19-18-13-5-8-14-6-3-2-4-7-14/h2-4,6-7,9-13H,5,8H2,1H3,(H,19,20)/b18-13-. The molecule has 108 valence electrons. The molecule has 2 aromatic carbocycles. The van der Waals surface area contributed by atoms with Crippen LogP contribution in [-0.2, 0) is 6.42 Å². The summed E-state index contributed by atoms with van der Waals surface area (Å²) >= 11 is 0. The average molecular weight is 282 g/mol. The van der Waals surface area contributed by atoms with Gasteiger partial charge in [-0.25, -0.2) is 5.43 Å². The van der Waals surface area contributed by atoms with E-state index in [1.165, 1.54) is 5.56 Å². The third-order valence-electron chi connectivity index (χ3n) is 3.01. The highest BCUT2D eigenvalue weighted by molar-refractivity contribution is 5.94. The lowest BCUT2D eigenvalue weighted by Crippen LogP contribution is -2.17. The van der Waals surface area contributed by atoms with E-state index in [0.717, 1.165) is 18.6 Å². The van der Waals surface area contributed by atoms with E-state index in [4.69, 9.17) is 4.74 Å². The van der Waals surface area contributed by atoms with Crippen molar-refractivity contribution in [3.05, 3.63) is 65.7 Å². The van der Waals surface area contributed by atoms with Gasteiger partial charge in [-0.2, -0.15) is 5.10 Å². The van der Waals surface area contributed by atoms with Crippen LogP contribution in [0.2, 0.25) is 0 Å². The fraction of sp³-hybridized carbons (Fsp3) is 0.176. The van der Waals surface area contributed by atoms with Crippen molar-refractivity contribution in [3.63, 3.8) is 0 Å². The molecule has 21 heavy (non-hydrogen) atoms. The third kappa shape index (κ3) is 4.76. The van der Waals surface area contributed by atoms with Gasteiger partial charge in [-0.15, -0.1) is 0 Å². The summed E-state index contributed by atoms with van der Waals surface area (Å²) in [5.74, 6) is 0.492. The van der Waals surface area contributed by atoms with Gasteiger partial charge in [-0.3, -0.25) is 4.79 Å². The molecular weight excluding hydrogens is 264 g/mol. The number of hydrogen-bond acceptors (Lipinski definition) is 3. The highest BCUT2D eigenvalue weighted by atomic mass is 16.5. The van der Waals surface area contributed by atoms with E-state index in [0.29, 0.717) is 5.56 Å². The zero-order valence-electron chi connectivity index (χ0n) is 12.0. The molecule has 0 aliphatic rings. The number of carbonyl (C=O) groups is 1. The summed E-state index contributed by atoms with van der Waals surface area (Å²) in [7, 11) is 1.59. The second-order valence-corrected chi connectivity index (χ2v) is 4.51. The molecule has 0 fully saturated rings. The second kappa shape index (κ2) is 7.85. The zero-order valence-corrected chi connectivity index (χ0v) is 12.0. The van der Waals surface area contributed by atoms with E-state index in [9.17, 15) is 4.79 Å². The van der Waals surface area contributed by atoms with Gasteiger partial charge in [0, 0.05) is 11.8 Å². The van der Waals surface area contributed by atoms with Crippen molar-refractivity contribution in [2.24, 2.45) is 5.10 Å². The molecule has 0 atom stereocenters. The topological polar surface area (TPSA) is 50.7 Å². The molecule has 0 heterocycles. The van der Waals surface area contributed by atoms with Gasteiger partial charge >= 0.3 is 0 Å². The molecule has 2 aromatic rings. The van der Waals surface area contributed by atoms with Crippen LogP contribution in [0.25, 0.3) is 0 Å². The number of amides is 1. The van der Waals surface area contributed by atoms with Gasteiger partial charge < -0.3 is 4.74 Å². The molecule has 2 rings (SSSR count). The Hall–Kier alpha value is -2.62. The van der Waals surface area contributed by atoms with Gasteiger partial charge in [0.2, 0.25) is 0 Å². The molecule has 0 aromatic heterocycles. The zero-order chi connectivity index (χ0) is 14.9. The lowest BCUT2D eigenvalue weighted by Gasteiger charge is -2.02. The number of benzene rings is 2. The van der Waals surface area contributed by atoms with Crippen molar-refractivity contribution in [2.45, 2.75) is 12.8 Å². The first-order chi connectivity index (χ1) is 10.3. The Morgan fingerprint density at radius 3 is 2.52 bits per heavy atom. The molecule has 0 aliphatic carbocycles. The Morgan fingerprint density at radius 1 is 1.14 bits per heavy atom. The highest BCUT2D eigenvalue weighted by Gasteiger charge is 2.03. The van der Waals surface area contributed by atoms with Crippen LogP contribution in [0, 0.1) is 0 Å². The number of methoxy groups -OCH3 is 1. The minimum Gasteiger partial charge on any atom is -0.497 e. The van der Waals surface area contributed by atoms with Crippen LogP contribution in [0.3, 0.4) is 0 Å². The third-order valence-corrected chi connectivity index (χ3v) is 3.01. The monoisotopic (exact) mass is 282 g/mol. The van der Waals surface area contributed by atoms with Crippen molar-refractivity contribution in [1.29, 1.82) is 0 Å². The molecule has 0 aliphatic heterocycles. The summed E-state index contributed by atoms with van der Waals surface area (Å²) in [6.45, 7) is 0. The molecule has 0 saturated carbocycles. The van der Waals surface area contributed by atoms with Gasteiger partial charge in [0.25, 0.3) is 5.91 Å². The van der Waals surface area contributed by atoms with Crippen molar-refractivity contribution in [3.8, 4) is 5.75 Å². The van der Waals surface area contributed by atoms with E-state index in [1.807, 2.05) is 18.2 Å². The quantitative estimate of drug-likeness (QED) is 0.654. The lowest BCUT2D eigenvalue weighted by molar-refractivity contribution is 0.0955. The van der Waals surface area contributed by atoms with Gasteiger partial charge in [0.1, 0.15) is 5.75 Å². The highest BCUT2D eigenvalue weighted by Crippen LogP contribution is 2.10. The molecule has 0 radical (unpaired) electrons. The first-order valence-electron chi connectivity index (χ1n) is 6.79. The molecule has 1 amide bonds. The second-order valence-electron chi connectivity index (χ2n) is 4.51. The van der Waals surface area contributed by atoms with Gasteiger partial charge in [0.15, 0.2) is 0 Å². The predicted molar refractivity (Wildman–Crippen MR) is 83.7 cm³/mol. The molecule has 4 heteroatoms. The van der Waals surface area contributed by atoms with Crippen LogP contribution in [0.15, 0.2) is 59.7 Å². The normalized spacial score (nSPS) is 10.5. The summed E-state index contributed by atoms with van der Waals surface area (Å²) < 4.78 is 5.04. The minimum absolute atomic E-state index is 0.228. The number of ether oxygens (including phenoxy) is 1. The number of rotatable bonds is 6. The summed E-state index contributed by atoms with van der Waals surface area (Å²) in [5.41, 5.74) is 4.32. The van der Waals surface area contributed by atoms with Gasteiger partial charge in [0.05, 0.1) is 7.11 Å². The van der Waals surface area contributed by atoms with Crippen LogP contribution < -0.4 is 10.2 Å². The van der Waals surface area contributed by atoms with E-state index in [-0.39, 0.29) is 5.91 Å². The first-order valence-corrected chi connectivity index (χ1v) is 6.79. The predicted octanol–water partition coefficient (Wildman–Crippen LogP) is 3.04. The maximum Gasteiger partial charge on any atom is 0.271 e. The molecule has 0 bridgehead atoms. The molecular formula is C17H18N2O2. The Morgan fingerprint density at radius 2 is 1.86 bits per heavy atom. The van der Waals surface area contributed by atoms with Crippen molar-refractivity contribution >= 4 is 12.1 Å². The molecule has 0 saturated heterocycles. The van der Waals surface area contributed by atoms with Gasteiger partial charge in [-0.1, -0.05) is 30.3 Å². The van der Waals surface area contributed by atoms with Gasteiger partial charge in [-0.05, 0) is 42.7 Å². The maximum atomic E-state index is 11.8. The number of hydrogen-bond donors (Lipinski definition) is 1. The van der Waals surface area contributed by atoms with Crippen LogP contribution in [-0.4, -0.2) is 19.2 Å². The van der Waals surface area contributed by atoms with Crippen LogP contribution in [0.5, 0.6) is 5.75 Å². The maximum absolute atomic E-state index is 11.8. The van der Waals surface area contributed by atoms with Crippen LogP contribution in [0.4, 0.5) is 0 Å². The summed E-state index contributed by atoms with van der Waals surface area (Å²) in [5, 5.41) is 3.95. The summed E-state index contributed by atoms with van der Waals surface area (Å²) in [4.78, 5) is 11.8. The first kappa shape index (κ1) is 14.8. The molecule has 4 nitrogen and oxygen atoms in total. The fourth-order valence-electron chi connectivity index (χ4n) is 1.85. The Kier molecular flexibility index (Phi) is 5.52.